The van der Waals surface area contributed by atoms with E-state index in [-0.39, 0.29) is 0 Å². The van der Waals surface area contributed by atoms with Crippen molar-refractivity contribution in [3.63, 3.8) is 0 Å². The van der Waals surface area contributed by atoms with Crippen molar-refractivity contribution in [2.75, 3.05) is 6.61 Å². The zero-order valence-electron chi connectivity index (χ0n) is 11.0. The molecule has 1 aromatic heterocycles. The Labute approximate surface area is 108 Å². The third-order valence-electron chi connectivity index (χ3n) is 2.65. The molecular formula is C14H19N3O. The maximum absolute atomic E-state index is 5.64. The lowest BCUT2D eigenvalue weighted by Crippen LogP contribution is -1.99. The number of hydrogen-bond acceptors (Lipinski definition) is 3. The van der Waals surface area contributed by atoms with Crippen LogP contribution in [0.25, 0.3) is 11.4 Å². The van der Waals surface area contributed by atoms with Gasteiger partial charge in [-0.1, -0.05) is 26.0 Å². The molecule has 0 fully saturated rings. The number of nitrogens with zero attached hydrogens (tertiary/aromatic N) is 3. The molecular weight excluding hydrogens is 226 g/mol. The van der Waals surface area contributed by atoms with Crippen LogP contribution in [-0.2, 0) is 6.54 Å². The normalized spacial score (nSPS) is 10.6. The molecule has 0 aliphatic carbocycles. The number of aromatic nitrogens is 3. The molecule has 0 amide bonds. The molecule has 4 heteroatoms. The van der Waals surface area contributed by atoms with E-state index in [0.29, 0.717) is 0 Å². The van der Waals surface area contributed by atoms with E-state index in [2.05, 4.69) is 28.6 Å². The summed E-state index contributed by atoms with van der Waals surface area (Å²) in [6.45, 7) is 5.92. The largest absolute Gasteiger partial charge is 0.494 e. The molecule has 18 heavy (non-hydrogen) atoms. The van der Waals surface area contributed by atoms with E-state index in [9.17, 15) is 0 Å². The van der Waals surface area contributed by atoms with Gasteiger partial charge >= 0.3 is 0 Å². The van der Waals surface area contributed by atoms with Crippen LogP contribution in [0.15, 0.2) is 30.6 Å². The Balaban J connectivity index is 2.24. The summed E-state index contributed by atoms with van der Waals surface area (Å²) in [7, 11) is 0. The molecule has 0 atom stereocenters. The van der Waals surface area contributed by atoms with Crippen LogP contribution in [0.2, 0.25) is 0 Å². The SMILES string of the molecule is CCCOc1cccc(-c2nncn2CCC)c1. The summed E-state index contributed by atoms with van der Waals surface area (Å²) in [5, 5.41) is 8.16. The van der Waals surface area contributed by atoms with Gasteiger partial charge in [-0.05, 0) is 25.0 Å². The second-order valence-corrected chi connectivity index (χ2v) is 4.22. The highest BCUT2D eigenvalue weighted by molar-refractivity contribution is 5.57. The van der Waals surface area contributed by atoms with Gasteiger partial charge in [0.25, 0.3) is 0 Å². The lowest BCUT2D eigenvalue weighted by atomic mass is 10.2. The fraction of sp³-hybridized carbons (Fsp3) is 0.429. The summed E-state index contributed by atoms with van der Waals surface area (Å²) < 4.78 is 7.70. The summed E-state index contributed by atoms with van der Waals surface area (Å²) in [6.07, 6.45) is 3.85. The van der Waals surface area contributed by atoms with E-state index < -0.39 is 0 Å². The predicted octanol–water partition coefficient (Wildman–Crippen LogP) is 3.14. The van der Waals surface area contributed by atoms with E-state index in [0.717, 1.165) is 43.1 Å². The Hall–Kier alpha value is -1.84. The van der Waals surface area contributed by atoms with Crippen molar-refractivity contribution in [3.05, 3.63) is 30.6 Å². The lowest BCUT2D eigenvalue weighted by molar-refractivity contribution is 0.317. The quantitative estimate of drug-likeness (QED) is 0.785. The maximum Gasteiger partial charge on any atom is 0.163 e. The minimum atomic E-state index is 0.741. The first-order valence-corrected chi connectivity index (χ1v) is 6.46. The fourth-order valence-electron chi connectivity index (χ4n) is 1.83. The van der Waals surface area contributed by atoms with Crippen LogP contribution in [0.3, 0.4) is 0 Å². The van der Waals surface area contributed by atoms with Gasteiger partial charge in [-0.15, -0.1) is 10.2 Å². The second-order valence-electron chi connectivity index (χ2n) is 4.22. The Bertz CT molecular complexity index is 493. The molecule has 96 valence electrons. The zero-order chi connectivity index (χ0) is 12.8. The third kappa shape index (κ3) is 2.88. The summed E-state index contributed by atoms with van der Waals surface area (Å²) in [5.41, 5.74) is 1.05. The van der Waals surface area contributed by atoms with Crippen LogP contribution in [0.5, 0.6) is 5.75 Å². The van der Waals surface area contributed by atoms with Crippen LogP contribution < -0.4 is 4.74 Å². The Morgan fingerprint density at radius 1 is 1.22 bits per heavy atom. The molecule has 0 saturated heterocycles. The standard InChI is InChI=1S/C14H19N3O/c1-3-8-17-11-15-16-14(17)12-6-5-7-13(10-12)18-9-4-2/h5-7,10-11H,3-4,8-9H2,1-2H3. The second kappa shape index (κ2) is 6.19. The molecule has 1 heterocycles. The van der Waals surface area contributed by atoms with Crippen molar-refractivity contribution >= 4 is 0 Å². The van der Waals surface area contributed by atoms with E-state index in [1.54, 1.807) is 6.33 Å². The first-order chi connectivity index (χ1) is 8.85. The van der Waals surface area contributed by atoms with E-state index in [1.165, 1.54) is 0 Å². The smallest absolute Gasteiger partial charge is 0.163 e. The van der Waals surface area contributed by atoms with Crippen LogP contribution in [-0.4, -0.2) is 21.4 Å². The zero-order valence-corrected chi connectivity index (χ0v) is 11.0. The molecule has 0 N–H and O–H groups in total. The van der Waals surface area contributed by atoms with Crippen molar-refractivity contribution in [3.8, 4) is 17.1 Å². The molecule has 4 nitrogen and oxygen atoms in total. The Morgan fingerprint density at radius 2 is 2.11 bits per heavy atom. The lowest BCUT2D eigenvalue weighted by Gasteiger charge is -2.08. The van der Waals surface area contributed by atoms with Crippen LogP contribution in [0.1, 0.15) is 26.7 Å². The monoisotopic (exact) mass is 245 g/mol. The van der Waals surface area contributed by atoms with Gasteiger partial charge in [-0.2, -0.15) is 0 Å². The van der Waals surface area contributed by atoms with Crippen molar-refractivity contribution in [2.45, 2.75) is 33.2 Å². The first-order valence-electron chi connectivity index (χ1n) is 6.46. The van der Waals surface area contributed by atoms with Crippen LogP contribution >= 0.6 is 0 Å². The van der Waals surface area contributed by atoms with Gasteiger partial charge in [0.05, 0.1) is 6.61 Å². The molecule has 0 saturated carbocycles. The summed E-state index contributed by atoms with van der Waals surface area (Å²) in [6, 6.07) is 8.02. The number of aryl methyl sites for hydroxylation is 1. The van der Waals surface area contributed by atoms with Gasteiger partial charge in [0, 0.05) is 12.1 Å². The van der Waals surface area contributed by atoms with Gasteiger partial charge in [0.15, 0.2) is 5.82 Å². The van der Waals surface area contributed by atoms with Gasteiger partial charge < -0.3 is 9.30 Å². The molecule has 0 aliphatic rings. The van der Waals surface area contributed by atoms with Crippen LogP contribution in [0, 0.1) is 0 Å². The maximum atomic E-state index is 5.64. The number of rotatable bonds is 6. The van der Waals surface area contributed by atoms with E-state index in [4.69, 9.17) is 4.74 Å². The number of ether oxygens (including phenoxy) is 1. The van der Waals surface area contributed by atoms with Gasteiger partial charge in [-0.3, -0.25) is 0 Å². The average Bonchev–Trinajstić information content (AvgIpc) is 2.85. The molecule has 0 bridgehead atoms. The molecule has 0 aliphatic heterocycles. The molecule has 0 radical (unpaired) electrons. The number of benzene rings is 1. The van der Waals surface area contributed by atoms with Gasteiger partial charge in [0.1, 0.15) is 12.1 Å². The highest BCUT2D eigenvalue weighted by Gasteiger charge is 2.07. The van der Waals surface area contributed by atoms with Gasteiger partial charge in [0.2, 0.25) is 0 Å². The molecule has 1 aromatic carbocycles. The average molecular weight is 245 g/mol. The van der Waals surface area contributed by atoms with Gasteiger partial charge in [-0.25, -0.2) is 0 Å². The molecule has 2 aromatic rings. The van der Waals surface area contributed by atoms with Crippen molar-refractivity contribution in [1.82, 2.24) is 14.8 Å². The molecule has 0 unspecified atom stereocenters. The Kier molecular flexibility index (Phi) is 4.34. The van der Waals surface area contributed by atoms with E-state index >= 15 is 0 Å². The molecule has 2 rings (SSSR count). The summed E-state index contributed by atoms with van der Waals surface area (Å²) in [5.74, 6) is 1.79. The minimum absolute atomic E-state index is 0.741. The van der Waals surface area contributed by atoms with E-state index in [1.807, 2.05) is 24.3 Å². The summed E-state index contributed by atoms with van der Waals surface area (Å²) >= 11 is 0. The van der Waals surface area contributed by atoms with Crippen molar-refractivity contribution in [1.29, 1.82) is 0 Å². The minimum Gasteiger partial charge on any atom is -0.494 e. The van der Waals surface area contributed by atoms with Crippen molar-refractivity contribution in [2.24, 2.45) is 0 Å². The molecule has 0 spiro atoms. The highest BCUT2D eigenvalue weighted by Crippen LogP contribution is 2.22. The predicted molar refractivity (Wildman–Crippen MR) is 71.5 cm³/mol. The fourth-order valence-corrected chi connectivity index (χ4v) is 1.83. The first kappa shape index (κ1) is 12.6. The third-order valence-corrected chi connectivity index (χ3v) is 2.65. The summed E-state index contributed by atoms with van der Waals surface area (Å²) in [4.78, 5) is 0. The number of hydrogen-bond donors (Lipinski definition) is 0. The van der Waals surface area contributed by atoms with Crippen LogP contribution in [0.4, 0.5) is 0 Å². The van der Waals surface area contributed by atoms with Crippen molar-refractivity contribution < 1.29 is 4.74 Å². The Morgan fingerprint density at radius 3 is 2.89 bits per heavy atom. The topological polar surface area (TPSA) is 39.9 Å². The highest BCUT2D eigenvalue weighted by atomic mass is 16.5.